The Hall–Kier alpha value is -3.00. The summed E-state index contributed by atoms with van der Waals surface area (Å²) < 4.78 is 16.2. The van der Waals surface area contributed by atoms with Crippen LogP contribution in [0.25, 0.3) is 6.08 Å². The Bertz CT molecular complexity index is 1050. The molecule has 2 aliphatic carbocycles. The van der Waals surface area contributed by atoms with Gasteiger partial charge >= 0.3 is 17.9 Å². The summed E-state index contributed by atoms with van der Waals surface area (Å²) >= 11 is 0. The lowest BCUT2D eigenvalue weighted by Crippen LogP contribution is -2.80. The number of ether oxygens (including phenoxy) is 3. The molecule has 32 heavy (non-hydrogen) atoms. The molecule has 2 saturated carbocycles. The Kier molecular flexibility index (Phi) is 4.40. The summed E-state index contributed by atoms with van der Waals surface area (Å²) in [7, 11) is 0. The summed E-state index contributed by atoms with van der Waals surface area (Å²) in [5, 5.41) is 12.0. The third kappa shape index (κ3) is 2.36. The molecule has 0 amide bonds. The minimum absolute atomic E-state index is 0.0755. The molecule has 0 radical (unpaired) electrons. The van der Waals surface area contributed by atoms with Crippen LogP contribution in [-0.4, -0.2) is 53.2 Å². The summed E-state index contributed by atoms with van der Waals surface area (Å²) in [6.07, 6.45) is 0.333. The molecular weight excluding hydrogens is 416 g/mol. The third-order valence-electron chi connectivity index (χ3n) is 8.26. The number of esters is 3. The second kappa shape index (κ2) is 6.75. The van der Waals surface area contributed by atoms with Gasteiger partial charge in [-0.1, -0.05) is 44.2 Å². The Morgan fingerprint density at radius 1 is 1.19 bits per heavy atom. The average molecular weight is 440 g/mol. The van der Waals surface area contributed by atoms with Crippen molar-refractivity contribution in [3.63, 3.8) is 0 Å². The fourth-order valence-electron chi connectivity index (χ4n) is 6.38. The number of hydrogen-bond donors (Lipinski definition) is 1. The number of carbonyl (C=O) groups excluding carboxylic acids is 4. The molecule has 4 fully saturated rings. The van der Waals surface area contributed by atoms with E-state index in [1.54, 1.807) is 32.1 Å². The number of hydrogen-bond acceptors (Lipinski definition) is 8. The zero-order valence-corrected chi connectivity index (χ0v) is 17.8. The molecular formula is C24H24O8. The molecule has 0 aromatic heterocycles. The first-order valence-corrected chi connectivity index (χ1v) is 10.7. The Balaban J connectivity index is 1.55. The normalized spacial score (nSPS) is 42.3. The Morgan fingerprint density at radius 3 is 2.53 bits per heavy atom. The molecule has 7 atom stereocenters. The van der Waals surface area contributed by atoms with Gasteiger partial charge in [0.25, 0.3) is 0 Å². The fourth-order valence-corrected chi connectivity index (χ4v) is 6.38. The molecule has 4 aliphatic rings. The van der Waals surface area contributed by atoms with Gasteiger partial charge in [-0.15, -0.1) is 0 Å². The molecule has 2 saturated heterocycles. The van der Waals surface area contributed by atoms with Crippen LogP contribution in [0.3, 0.4) is 0 Å². The zero-order chi connectivity index (χ0) is 22.9. The van der Waals surface area contributed by atoms with Crippen molar-refractivity contribution in [1.82, 2.24) is 0 Å². The van der Waals surface area contributed by atoms with Gasteiger partial charge in [0.1, 0.15) is 29.5 Å². The van der Waals surface area contributed by atoms with E-state index in [0.717, 1.165) is 5.56 Å². The largest absolute Gasteiger partial charge is 0.464 e. The standard InChI is InChI=1S/C24H24O8/c1-13-16(25)10-24(29)22(13)11-17(14(2)23(24)12-30-21(23)28)31-20(27)19(22)32-18(26)9-8-15-6-4-3-5-7-15/h3-9,13-14,17,19,29H,10-12H2,1-2H3. The van der Waals surface area contributed by atoms with Gasteiger partial charge in [-0.05, 0) is 18.1 Å². The third-order valence-corrected chi connectivity index (χ3v) is 8.26. The lowest BCUT2D eigenvalue weighted by molar-refractivity contribution is -0.322. The first kappa shape index (κ1) is 20.9. The van der Waals surface area contributed by atoms with Gasteiger partial charge in [0.15, 0.2) is 0 Å². The summed E-state index contributed by atoms with van der Waals surface area (Å²) in [5.74, 6) is -3.86. The topological polar surface area (TPSA) is 116 Å². The Labute approximate surface area is 184 Å². The summed E-state index contributed by atoms with van der Waals surface area (Å²) in [6.45, 7) is 3.26. The van der Waals surface area contributed by atoms with E-state index in [0.29, 0.717) is 0 Å². The van der Waals surface area contributed by atoms with E-state index in [1.165, 1.54) is 6.08 Å². The van der Waals surface area contributed by atoms with Crippen LogP contribution in [0, 0.1) is 22.7 Å². The van der Waals surface area contributed by atoms with Gasteiger partial charge in [-0.25, -0.2) is 9.59 Å². The lowest BCUT2D eigenvalue weighted by Gasteiger charge is -2.66. The molecule has 1 N–H and O–H groups in total. The quantitative estimate of drug-likeness (QED) is 0.427. The number of fused-ring (bicyclic) bond motifs is 2. The van der Waals surface area contributed by atoms with Crippen molar-refractivity contribution >= 4 is 29.8 Å². The number of Topliss-reactive ketones (excluding diaryl/α,β-unsaturated/α-hetero) is 1. The predicted molar refractivity (Wildman–Crippen MR) is 109 cm³/mol. The fraction of sp³-hybridized carbons (Fsp3) is 0.500. The van der Waals surface area contributed by atoms with E-state index in [9.17, 15) is 24.3 Å². The highest BCUT2D eigenvalue weighted by Crippen LogP contribution is 2.70. The van der Waals surface area contributed by atoms with Crippen molar-refractivity contribution in [3.8, 4) is 0 Å². The van der Waals surface area contributed by atoms with Crippen LogP contribution < -0.4 is 0 Å². The van der Waals surface area contributed by atoms with Crippen molar-refractivity contribution in [3.05, 3.63) is 42.0 Å². The highest BCUT2D eigenvalue weighted by Gasteiger charge is 2.85. The van der Waals surface area contributed by atoms with Crippen molar-refractivity contribution in [1.29, 1.82) is 0 Å². The summed E-state index contributed by atoms with van der Waals surface area (Å²) in [5.41, 5.74) is -3.97. The minimum atomic E-state index is -1.88. The van der Waals surface area contributed by atoms with Crippen LogP contribution >= 0.6 is 0 Å². The molecule has 2 heterocycles. The van der Waals surface area contributed by atoms with E-state index in [1.807, 2.05) is 18.2 Å². The highest BCUT2D eigenvalue weighted by atomic mass is 16.6. The molecule has 168 valence electrons. The summed E-state index contributed by atoms with van der Waals surface area (Å²) in [6, 6.07) is 9.07. The second-order valence-corrected chi connectivity index (χ2v) is 9.34. The first-order chi connectivity index (χ1) is 15.2. The van der Waals surface area contributed by atoms with E-state index < -0.39 is 58.4 Å². The van der Waals surface area contributed by atoms with E-state index in [-0.39, 0.29) is 25.2 Å². The van der Waals surface area contributed by atoms with Crippen LogP contribution in [0.5, 0.6) is 0 Å². The number of rotatable bonds is 3. The summed E-state index contributed by atoms with van der Waals surface area (Å²) in [4.78, 5) is 51.3. The molecule has 2 spiro atoms. The Morgan fingerprint density at radius 2 is 1.91 bits per heavy atom. The smallest absolute Gasteiger partial charge is 0.348 e. The molecule has 2 bridgehead atoms. The van der Waals surface area contributed by atoms with Crippen LogP contribution in [0.15, 0.2) is 36.4 Å². The second-order valence-electron chi connectivity index (χ2n) is 9.34. The number of carbonyl (C=O) groups is 4. The lowest BCUT2D eigenvalue weighted by atomic mass is 9.43. The van der Waals surface area contributed by atoms with Gasteiger partial charge in [0.05, 0.1) is 5.41 Å². The number of ketones is 1. The van der Waals surface area contributed by atoms with E-state index >= 15 is 0 Å². The highest BCUT2D eigenvalue weighted by molar-refractivity contribution is 5.96. The molecule has 7 unspecified atom stereocenters. The van der Waals surface area contributed by atoms with Crippen LogP contribution in [0.2, 0.25) is 0 Å². The monoisotopic (exact) mass is 440 g/mol. The maximum Gasteiger partial charge on any atom is 0.348 e. The van der Waals surface area contributed by atoms with Crippen LogP contribution in [0.4, 0.5) is 0 Å². The SMILES string of the molecule is CC1C2CC3(C(C)C(=O)CC3(O)C13COC3=O)C(OC(=O)C=Cc1ccccc1)C(=O)O2. The molecule has 8 nitrogen and oxygen atoms in total. The zero-order valence-electron chi connectivity index (χ0n) is 17.8. The first-order valence-electron chi connectivity index (χ1n) is 10.7. The van der Waals surface area contributed by atoms with Gasteiger partial charge in [0, 0.05) is 24.3 Å². The maximum atomic E-state index is 13.0. The van der Waals surface area contributed by atoms with Gasteiger partial charge in [-0.3, -0.25) is 9.59 Å². The van der Waals surface area contributed by atoms with Crippen molar-refractivity contribution in [2.75, 3.05) is 6.61 Å². The molecule has 2 aliphatic heterocycles. The van der Waals surface area contributed by atoms with Crippen molar-refractivity contribution in [2.45, 2.75) is 44.5 Å². The number of benzene rings is 1. The minimum Gasteiger partial charge on any atom is -0.464 e. The van der Waals surface area contributed by atoms with E-state index in [2.05, 4.69) is 0 Å². The number of cyclic esters (lactones) is 1. The average Bonchev–Trinajstić information content (AvgIpc) is 2.95. The molecule has 1 aromatic carbocycles. The maximum absolute atomic E-state index is 13.0. The van der Waals surface area contributed by atoms with Gasteiger partial charge in [-0.2, -0.15) is 0 Å². The van der Waals surface area contributed by atoms with Crippen LogP contribution in [0.1, 0.15) is 32.3 Å². The molecule has 8 heteroatoms. The van der Waals surface area contributed by atoms with Crippen LogP contribution in [-0.2, 0) is 33.4 Å². The molecule has 1 aromatic rings. The van der Waals surface area contributed by atoms with Crippen molar-refractivity contribution < 1.29 is 38.5 Å². The predicted octanol–water partition coefficient (Wildman–Crippen LogP) is 1.45. The van der Waals surface area contributed by atoms with Gasteiger partial charge < -0.3 is 19.3 Å². The van der Waals surface area contributed by atoms with Crippen molar-refractivity contribution in [2.24, 2.45) is 22.7 Å². The molecule has 5 rings (SSSR count). The van der Waals surface area contributed by atoms with Gasteiger partial charge in [0.2, 0.25) is 6.10 Å². The van der Waals surface area contributed by atoms with E-state index in [4.69, 9.17) is 14.2 Å². The number of aliphatic hydroxyl groups is 1.